The molecule has 15 heavy (non-hydrogen) atoms. The number of aryl methyl sites for hydroxylation is 2. The average Bonchev–Trinajstić information content (AvgIpc) is 2.23. The van der Waals surface area contributed by atoms with Crippen molar-refractivity contribution in [3.63, 3.8) is 0 Å². The Bertz CT molecular complexity index is 449. The van der Waals surface area contributed by atoms with E-state index in [1.165, 1.54) is 28.5 Å². The van der Waals surface area contributed by atoms with Gasteiger partial charge in [0.25, 0.3) is 0 Å². The van der Waals surface area contributed by atoms with Crippen molar-refractivity contribution in [3.8, 4) is 0 Å². The van der Waals surface area contributed by atoms with Gasteiger partial charge in [-0.25, -0.2) is 0 Å². The lowest BCUT2D eigenvalue weighted by atomic mass is 10.0. The van der Waals surface area contributed by atoms with Crippen molar-refractivity contribution >= 4 is 22.6 Å². The van der Waals surface area contributed by atoms with Crippen molar-refractivity contribution in [1.82, 2.24) is 0 Å². The van der Waals surface area contributed by atoms with Crippen LogP contribution in [0.4, 0.5) is 0 Å². The van der Waals surface area contributed by atoms with Gasteiger partial charge in [-0.15, -0.1) is 5.10 Å². The molecule has 0 radical (unpaired) electrons. The quantitative estimate of drug-likeness (QED) is 0.786. The highest BCUT2D eigenvalue weighted by Gasteiger charge is 2.12. The van der Waals surface area contributed by atoms with Gasteiger partial charge in [0.2, 0.25) is 0 Å². The Labute approximate surface area is 93.5 Å². The van der Waals surface area contributed by atoms with Crippen LogP contribution in [0.25, 0.3) is 0 Å². The molecule has 1 aliphatic rings. The van der Waals surface area contributed by atoms with Crippen molar-refractivity contribution in [1.29, 1.82) is 0 Å². The highest BCUT2D eigenvalue weighted by Crippen LogP contribution is 2.17. The number of thioether (sulfide) groups is 1. The number of nitrogens with two attached hydrogens (primary N) is 1. The molecule has 1 heterocycles. The Morgan fingerprint density at radius 2 is 2.07 bits per heavy atom. The summed E-state index contributed by atoms with van der Waals surface area (Å²) in [5, 5.41) is 8.59. The van der Waals surface area contributed by atoms with Gasteiger partial charge in [0.1, 0.15) is 0 Å². The molecule has 0 fully saturated rings. The van der Waals surface area contributed by atoms with Gasteiger partial charge in [-0.05, 0) is 25.5 Å². The van der Waals surface area contributed by atoms with Crippen molar-refractivity contribution < 1.29 is 0 Å². The van der Waals surface area contributed by atoms with Crippen LogP contribution in [0.2, 0.25) is 0 Å². The largest absolute Gasteiger partial charge is 0.377 e. The second-order valence-electron chi connectivity index (χ2n) is 3.59. The third-order valence-electron chi connectivity index (χ3n) is 2.33. The normalized spacial score (nSPS) is 15.9. The first kappa shape index (κ1) is 10.2. The van der Waals surface area contributed by atoms with Crippen LogP contribution in [0.3, 0.4) is 0 Å². The molecular weight excluding hydrogens is 206 g/mol. The highest BCUT2D eigenvalue weighted by molar-refractivity contribution is 8.14. The molecule has 0 unspecified atom stereocenters. The Balaban J connectivity index is 2.42. The summed E-state index contributed by atoms with van der Waals surface area (Å²) in [6.07, 6.45) is 0. The number of hydrogen-bond acceptors (Lipinski definition) is 4. The fourth-order valence-electron chi connectivity index (χ4n) is 1.49. The summed E-state index contributed by atoms with van der Waals surface area (Å²) in [5.74, 6) is 0.805. The van der Waals surface area contributed by atoms with Gasteiger partial charge in [-0.3, -0.25) is 0 Å². The van der Waals surface area contributed by atoms with Gasteiger partial charge >= 0.3 is 0 Å². The van der Waals surface area contributed by atoms with Crippen molar-refractivity contribution in [2.75, 3.05) is 5.75 Å². The van der Waals surface area contributed by atoms with Crippen molar-refractivity contribution in [2.24, 2.45) is 15.9 Å². The molecule has 0 bridgehead atoms. The third-order valence-corrected chi connectivity index (χ3v) is 3.13. The molecule has 2 N–H and O–H groups in total. The van der Waals surface area contributed by atoms with E-state index in [0.29, 0.717) is 5.17 Å². The molecular formula is C11H13N3S. The average molecular weight is 219 g/mol. The zero-order valence-electron chi connectivity index (χ0n) is 8.82. The zero-order valence-corrected chi connectivity index (χ0v) is 9.64. The highest BCUT2D eigenvalue weighted by atomic mass is 32.2. The van der Waals surface area contributed by atoms with E-state index in [9.17, 15) is 0 Å². The molecule has 0 saturated carbocycles. The standard InChI is InChI=1S/C11H13N3S/c1-7-3-4-8(2)9(5-7)10-6-15-11(12)14-13-10/h3-5H,6H2,1-2H3,(H2,12,14). The molecule has 1 aliphatic heterocycles. The Morgan fingerprint density at radius 1 is 1.27 bits per heavy atom. The van der Waals surface area contributed by atoms with Gasteiger partial charge in [-0.2, -0.15) is 5.10 Å². The Kier molecular flexibility index (Phi) is 2.77. The van der Waals surface area contributed by atoms with E-state index >= 15 is 0 Å². The molecule has 0 amide bonds. The van der Waals surface area contributed by atoms with Gasteiger partial charge in [-0.1, -0.05) is 29.5 Å². The monoisotopic (exact) mass is 219 g/mol. The lowest BCUT2D eigenvalue weighted by molar-refractivity contribution is 1.21. The first-order chi connectivity index (χ1) is 7.16. The van der Waals surface area contributed by atoms with Gasteiger partial charge < -0.3 is 5.73 Å². The second kappa shape index (κ2) is 4.06. The number of benzene rings is 1. The summed E-state index contributed by atoms with van der Waals surface area (Å²) < 4.78 is 0. The maximum absolute atomic E-state index is 5.55. The Hall–Kier alpha value is -1.29. The van der Waals surface area contributed by atoms with E-state index in [1.54, 1.807) is 0 Å². The lowest BCUT2D eigenvalue weighted by Crippen LogP contribution is -2.17. The second-order valence-corrected chi connectivity index (χ2v) is 4.59. The molecule has 78 valence electrons. The summed E-state index contributed by atoms with van der Waals surface area (Å²) in [4.78, 5) is 0. The predicted molar refractivity (Wildman–Crippen MR) is 66.5 cm³/mol. The molecule has 0 aliphatic carbocycles. The molecule has 0 aromatic heterocycles. The fraction of sp³-hybridized carbons (Fsp3) is 0.273. The van der Waals surface area contributed by atoms with Gasteiger partial charge in [0, 0.05) is 11.3 Å². The maximum atomic E-state index is 5.55. The first-order valence-electron chi connectivity index (χ1n) is 4.77. The van der Waals surface area contributed by atoms with Crippen LogP contribution in [-0.2, 0) is 0 Å². The summed E-state index contributed by atoms with van der Waals surface area (Å²) in [5.41, 5.74) is 10.2. The molecule has 0 saturated heterocycles. The fourth-order valence-corrected chi connectivity index (χ4v) is 2.08. The molecule has 2 rings (SSSR count). The minimum Gasteiger partial charge on any atom is -0.377 e. The number of nitrogens with zero attached hydrogens (tertiary/aromatic N) is 2. The summed E-state index contributed by atoms with van der Waals surface area (Å²) in [7, 11) is 0. The SMILES string of the molecule is Cc1ccc(C)c(C2=NN=C(N)SC2)c1. The van der Waals surface area contributed by atoms with Crippen LogP contribution >= 0.6 is 11.8 Å². The molecule has 1 aromatic carbocycles. The minimum atomic E-state index is 0.545. The zero-order chi connectivity index (χ0) is 10.8. The summed E-state index contributed by atoms with van der Waals surface area (Å²) >= 11 is 1.53. The number of hydrogen-bond donors (Lipinski definition) is 1. The van der Waals surface area contributed by atoms with Gasteiger partial charge in [0.05, 0.1) is 5.71 Å². The van der Waals surface area contributed by atoms with E-state index in [2.05, 4.69) is 42.2 Å². The molecule has 0 spiro atoms. The van der Waals surface area contributed by atoms with Crippen LogP contribution in [0.5, 0.6) is 0 Å². The smallest absolute Gasteiger partial charge is 0.180 e. The van der Waals surface area contributed by atoms with E-state index in [-0.39, 0.29) is 0 Å². The van der Waals surface area contributed by atoms with Crippen LogP contribution in [0, 0.1) is 13.8 Å². The van der Waals surface area contributed by atoms with E-state index in [4.69, 9.17) is 5.73 Å². The van der Waals surface area contributed by atoms with Crippen LogP contribution in [0.1, 0.15) is 16.7 Å². The summed E-state index contributed by atoms with van der Waals surface area (Å²) in [6.45, 7) is 4.17. The molecule has 4 heteroatoms. The van der Waals surface area contributed by atoms with Crippen molar-refractivity contribution in [3.05, 3.63) is 34.9 Å². The number of amidine groups is 1. The van der Waals surface area contributed by atoms with E-state index in [0.717, 1.165) is 11.5 Å². The van der Waals surface area contributed by atoms with E-state index in [1.807, 2.05) is 0 Å². The maximum Gasteiger partial charge on any atom is 0.180 e. The lowest BCUT2D eigenvalue weighted by Gasteiger charge is -2.12. The molecule has 0 atom stereocenters. The number of rotatable bonds is 1. The van der Waals surface area contributed by atoms with Crippen LogP contribution < -0.4 is 5.73 Å². The van der Waals surface area contributed by atoms with Crippen molar-refractivity contribution in [2.45, 2.75) is 13.8 Å². The Morgan fingerprint density at radius 3 is 2.73 bits per heavy atom. The minimum absolute atomic E-state index is 0.545. The molecule has 3 nitrogen and oxygen atoms in total. The predicted octanol–water partition coefficient (Wildman–Crippen LogP) is 2.07. The van der Waals surface area contributed by atoms with E-state index < -0.39 is 0 Å². The van der Waals surface area contributed by atoms with Crippen LogP contribution in [0.15, 0.2) is 28.4 Å². The first-order valence-corrected chi connectivity index (χ1v) is 5.76. The summed E-state index contributed by atoms with van der Waals surface area (Å²) in [6, 6.07) is 6.36. The topological polar surface area (TPSA) is 50.7 Å². The molecule has 1 aromatic rings. The van der Waals surface area contributed by atoms with Crippen LogP contribution in [-0.4, -0.2) is 16.6 Å². The van der Waals surface area contributed by atoms with Gasteiger partial charge in [0.15, 0.2) is 5.17 Å². The third kappa shape index (κ3) is 2.21.